The third-order valence-corrected chi connectivity index (χ3v) is 6.84. The molecule has 0 saturated carbocycles. The Morgan fingerprint density at radius 1 is 1.24 bits per heavy atom. The molecule has 2 aliphatic heterocycles. The highest BCUT2D eigenvalue weighted by Gasteiger charge is 2.58. The molecule has 1 aromatic carbocycles. The number of carbonyl (C=O) groups excluding carboxylic acids is 3. The van der Waals surface area contributed by atoms with E-state index in [9.17, 15) is 14.4 Å². The van der Waals surface area contributed by atoms with E-state index in [0.29, 0.717) is 17.7 Å². The number of ketones is 1. The van der Waals surface area contributed by atoms with E-state index in [1.165, 1.54) is 28.0 Å². The van der Waals surface area contributed by atoms with Gasteiger partial charge in [0, 0.05) is 22.6 Å². The van der Waals surface area contributed by atoms with Crippen LogP contribution >= 0.6 is 23.1 Å². The van der Waals surface area contributed by atoms with Crippen LogP contribution in [-0.2, 0) is 14.3 Å². The quantitative estimate of drug-likeness (QED) is 0.607. The minimum Gasteiger partial charge on any atom is -0.455 e. The average Bonchev–Trinajstić information content (AvgIpc) is 3.27. The van der Waals surface area contributed by atoms with Crippen molar-refractivity contribution in [2.24, 2.45) is 0 Å². The normalized spacial score (nSPS) is 21.2. The summed E-state index contributed by atoms with van der Waals surface area (Å²) >= 11 is 2.72. The number of carbonyl (C=O) groups is 3. The van der Waals surface area contributed by atoms with Crippen molar-refractivity contribution in [2.75, 3.05) is 11.5 Å². The Balaban J connectivity index is 1.54. The van der Waals surface area contributed by atoms with Crippen LogP contribution in [0.25, 0.3) is 0 Å². The second kappa shape index (κ2) is 6.00. The number of hydrogen-bond donors (Lipinski definition) is 0. The minimum atomic E-state index is -1.08. The van der Waals surface area contributed by atoms with Crippen LogP contribution in [0.1, 0.15) is 27.4 Å². The molecule has 1 atom stereocenters. The van der Waals surface area contributed by atoms with Crippen molar-refractivity contribution in [1.29, 1.82) is 0 Å². The average molecular weight is 373 g/mol. The number of para-hydroxylation sites is 1. The molecule has 7 heteroatoms. The number of amides is 1. The van der Waals surface area contributed by atoms with Gasteiger partial charge in [-0.2, -0.15) is 0 Å². The van der Waals surface area contributed by atoms with E-state index in [1.807, 2.05) is 37.3 Å². The smallest absolute Gasteiger partial charge is 0.343 e. The number of Topliss-reactive ketones (excluding diaryl/α,β-unsaturated/α-hetero) is 1. The number of rotatable bonds is 4. The van der Waals surface area contributed by atoms with E-state index in [-0.39, 0.29) is 18.3 Å². The number of thiophene rings is 1. The summed E-state index contributed by atoms with van der Waals surface area (Å²) in [7, 11) is 0. The second-order valence-electron chi connectivity index (χ2n) is 5.99. The summed E-state index contributed by atoms with van der Waals surface area (Å²) < 4.78 is 5.34. The predicted molar refractivity (Wildman–Crippen MR) is 96.1 cm³/mol. The van der Waals surface area contributed by atoms with Crippen molar-refractivity contribution in [3.63, 3.8) is 0 Å². The van der Waals surface area contributed by atoms with Crippen LogP contribution in [0.2, 0.25) is 0 Å². The molecule has 1 unspecified atom stereocenters. The first kappa shape index (κ1) is 16.4. The Labute approximate surface area is 153 Å². The van der Waals surface area contributed by atoms with Gasteiger partial charge in [-0.1, -0.05) is 23.9 Å². The lowest BCUT2D eigenvalue weighted by Gasteiger charge is -2.28. The topological polar surface area (TPSA) is 63.7 Å². The van der Waals surface area contributed by atoms with Gasteiger partial charge in [-0.05, 0) is 31.2 Å². The predicted octanol–water partition coefficient (Wildman–Crippen LogP) is 3.41. The van der Waals surface area contributed by atoms with Crippen molar-refractivity contribution in [3.05, 3.63) is 46.2 Å². The van der Waals surface area contributed by atoms with Crippen LogP contribution in [0, 0.1) is 6.92 Å². The van der Waals surface area contributed by atoms with Gasteiger partial charge in [0.25, 0.3) is 0 Å². The van der Waals surface area contributed by atoms with E-state index < -0.39 is 10.8 Å². The second-order valence-corrected chi connectivity index (χ2v) is 8.60. The van der Waals surface area contributed by atoms with Gasteiger partial charge in [0.05, 0.1) is 10.6 Å². The number of esters is 1. The van der Waals surface area contributed by atoms with Crippen molar-refractivity contribution >= 4 is 46.4 Å². The third kappa shape index (κ3) is 2.58. The summed E-state index contributed by atoms with van der Waals surface area (Å²) in [5, 5.41) is 0. The van der Waals surface area contributed by atoms with Gasteiger partial charge in [0.15, 0.2) is 11.5 Å². The van der Waals surface area contributed by atoms with Crippen molar-refractivity contribution < 1.29 is 19.1 Å². The van der Waals surface area contributed by atoms with Crippen LogP contribution in [0.5, 0.6) is 0 Å². The van der Waals surface area contributed by atoms with Crippen molar-refractivity contribution in [2.45, 2.75) is 29.5 Å². The molecule has 5 nitrogen and oxygen atoms in total. The van der Waals surface area contributed by atoms with E-state index in [4.69, 9.17) is 4.74 Å². The summed E-state index contributed by atoms with van der Waals surface area (Å²) in [4.78, 5) is 40.3. The minimum absolute atomic E-state index is 0.0883. The van der Waals surface area contributed by atoms with Crippen LogP contribution in [0.15, 0.2) is 41.3 Å². The van der Waals surface area contributed by atoms with Gasteiger partial charge >= 0.3 is 5.97 Å². The molecule has 0 bridgehead atoms. The first-order valence-corrected chi connectivity index (χ1v) is 9.52. The Hall–Kier alpha value is -2.12. The van der Waals surface area contributed by atoms with Gasteiger partial charge in [-0.15, -0.1) is 11.3 Å². The maximum absolute atomic E-state index is 12.8. The van der Waals surface area contributed by atoms with Crippen LogP contribution in [0.3, 0.4) is 0 Å². The van der Waals surface area contributed by atoms with Gasteiger partial charge in [0.2, 0.25) is 11.7 Å². The summed E-state index contributed by atoms with van der Waals surface area (Å²) in [6.07, 6.45) is 0.685. The number of hydrogen-bond acceptors (Lipinski definition) is 6. The van der Waals surface area contributed by atoms with Gasteiger partial charge in [-0.25, -0.2) is 4.79 Å². The lowest BCUT2D eigenvalue weighted by atomic mass is 10.2. The zero-order chi connectivity index (χ0) is 17.6. The lowest BCUT2D eigenvalue weighted by Crippen LogP contribution is -2.48. The molecule has 3 heterocycles. The summed E-state index contributed by atoms with van der Waals surface area (Å²) in [5.74, 6) is -0.838. The van der Waals surface area contributed by atoms with Gasteiger partial charge in [-0.3, -0.25) is 14.5 Å². The van der Waals surface area contributed by atoms with E-state index >= 15 is 0 Å². The molecule has 2 aliphatic rings. The zero-order valence-electron chi connectivity index (χ0n) is 13.5. The number of nitrogens with zero attached hydrogens (tertiary/aromatic N) is 1. The Morgan fingerprint density at radius 2 is 2.04 bits per heavy atom. The molecule has 1 fully saturated rings. The Morgan fingerprint density at radius 3 is 2.80 bits per heavy atom. The highest BCUT2D eigenvalue weighted by atomic mass is 32.2. The molecule has 1 aromatic heterocycles. The zero-order valence-corrected chi connectivity index (χ0v) is 15.1. The first-order chi connectivity index (χ1) is 12.0. The largest absolute Gasteiger partial charge is 0.455 e. The molecule has 4 rings (SSSR count). The van der Waals surface area contributed by atoms with E-state index in [1.54, 1.807) is 6.07 Å². The number of anilines is 1. The lowest BCUT2D eigenvalue weighted by molar-refractivity contribution is -0.145. The number of thioether (sulfide) groups is 1. The van der Waals surface area contributed by atoms with Crippen molar-refractivity contribution in [1.82, 2.24) is 0 Å². The third-order valence-electron chi connectivity index (χ3n) is 4.34. The molecule has 1 saturated heterocycles. The van der Waals surface area contributed by atoms with E-state index in [2.05, 4.69) is 0 Å². The molecule has 0 radical (unpaired) electrons. The van der Waals surface area contributed by atoms with Crippen LogP contribution < -0.4 is 4.90 Å². The van der Waals surface area contributed by atoms with Gasteiger partial charge in [0.1, 0.15) is 0 Å². The highest BCUT2D eigenvalue weighted by molar-refractivity contribution is 8.02. The SMILES string of the molecule is Cc1ccc(C(=O)COC(=O)C23CCC(=O)N2c2ccccc2S3)s1. The molecule has 25 heavy (non-hydrogen) atoms. The molecule has 0 spiro atoms. The fourth-order valence-electron chi connectivity index (χ4n) is 3.17. The number of fused-ring (bicyclic) bond motifs is 3. The fraction of sp³-hybridized carbons (Fsp3) is 0.278. The monoisotopic (exact) mass is 373 g/mol. The van der Waals surface area contributed by atoms with Crippen LogP contribution in [0.4, 0.5) is 5.69 Å². The van der Waals surface area contributed by atoms with Crippen molar-refractivity contribution in [3.8, 4) is 0 Å². The molecular weight excluding hydrogens is 358 g/mol. The Kier molecular flexibility index (Phi) is 3.92. The fourth-order valence-corrected chi connectivity index (χ4v) is 5.38. The number of aryl methyl sites for hydroxylation is 1. The molecular formula is C18H15NO4S2. The first-order valence-electron chi connectivity index (χ1n) is 7.89. The molecule has 0 aliphatic carbocycles. The van der Waals surface area contributed by atoms with Gasteiger partial charge < -0.3 is 4.74 Å². The maximum atomic E-state index is 12.8. The van der Waals surface area contributed by atoms with Crippen LogP contribution in [-0.4, -0.2) is 29.1 Å². The Bertz CT molecular complexity index is 891. The summed E-state index contributed by atoms with van der Waals surface area (Å²) in [5.41, 5.74) is 0.743. The maximum Gasteiger partial charge on any atom is 0.343 e. The highest BCUT2D eigenvalue weighted by Crippen LogP contribution is 2.56. The standard InChI is InChI=1S/C18H15NO4S2/c1-11-6-7-15(24-11)13(20)10-23-17(22)18-9-8-16(21)19(18)12-4-2-3-5-14(12)25-18/h2-7H,8-10H2,1H3. The molecule has 128 valence electrons. The number of benzene rings is 1. The molecule has 2 aromatic rings. The molecule has 0 N–H and O–H groups in total. The number of ether oxygens (including phenoxy) is 1. The summed E-state index contributed by atoms with van der Waals surface area (Å²) in [6, 6.07) is 11.0. The van der Waals surface area contributed by atoms with E-state index in [0.717, 1.165) is 15.5 Å². The molecule has 1 amide bonds. The summed E-state index contributed by atoms with van der Waals surface area (Å²) in [6.45, 7) is 1.61.